The van der Waals surface area contributed by atoms with E-state index in [1.54, 1.807) is 0 Å². The lowest BCUT2D eigenvalue weighted by atomic mass is 10.0. The number of hydrogen-bond donors (Lipinski definition) is 0. The standard InChI is InChI=1S/C35H70N2/c1-4-7-9-11-13-15-16-17-18-19-20-21-22-24-26-28-30-32-37-34-33-36(6-3)35(37)31-29-27-25-23-14-12-10-8-5-2/h33-35H,4-32H2,1-3H3. The lowest BCUT2D eigenvalue weighted by molar-refractivity contribution is 0.142. The molecule has 0 bridgehead atoms. The molecule has 0 saturated heterocycles. The minimum atomic E-state index is 0.635. The van der Waals surface area contributed by atoms with Crippen LogP contribution in [-0.2, 0) is 0 Å². The predicted octanol–water partition coefficient (Wildman–Crippen LogP) is 12.0. The van der Waals surface area contributed by atoms with E-state index in [0.29, 0.717) is 6.17 Å². The van der Waals surface area contributed by atoms with Crippen molar-refractivity contribution in [2.45, 2.75) is 200 Å². The highest BCUT2D eigenvalue weighted by atomic mass is 15.4. The monoisotopic (exact) mass is 519 g/mol. The third-order valence-corrected chi connectivity index (χ3v) is 8.67. The molecule has 0 radical (unpaired) electrons. The first kappa shape index (κ1) is 34.4. The van der Waals surface area contributed by atoms with Crippen molar-refractivity contribution in [1.29, 1.82) is 0 Å². The summed E-state index contributed by atoms with van der Waals surface area (Å²) in [5, 5.41) is 0. The molecular weight excluding hydrogens is 448 g/mol. The first-order valence-corrected chi connectivity index (χ1v) is 17.5. The van der Waals surface area contributed by atoms with E-state index in [1.807, 2.05) is 0 Å². The maximum Gasteiger partial charge on any atom is 0.101 e. The highest BCUT2D eigenvalue weighted by Crippen LogP contribution is 2.23. The first-order valence-electron chi connectivity index (χ1n) is 17.5. The van der Waals surface area contributed by atoms with Crippen LogP contribution in [0.4, 0.5) is 0 Å². The normalized spacial score (nSPS) is 15.4. The van der Waals surface area contributed by atoms with Gasteiger partial charge in [0.2, 0.25) is 0 Å². The molecule has 0 fully saturated rings. The lowest BCUT2D eigenvalue weighted by Gasteiger charge is -2.32. The van der Waals surface area contributed by atoms with Crippen LogP contribution in [0.3, 0.4) is 0 Å². The fourth-order valence-corrected chi connectivity index (χ4v) is 6.09. The van der Waals surface area contributed by atoms with Gasteiger partial charge in [0.1, 0.15) is 6.17 Å². The van der Waals surface area contributed by atoms with Crippen molar-refractivity contribution >= 4 is 0 Å². The van der Waals surface area contributed by atoms with Crippen molar-refractivity contribution in [1.82, 2.24) is 9.80 Å². The summed E-state index contributed by atoms with van der Waals surface area (Å²) in [6.07, 6.45) is 44.3. The Morgan fingerprint density at radius 2 is 0.703 bits per heavy atom. The van der Waals surface area contributed by atoms with Gasteiger partial charge in [0.25, 0.3) is 0 Å². The Morgan fingerprint density at radius 1 is 0.378 bits per heavy atom. The van der Waals surface area contributed by atoms with Gasteiger partial charge in [-0.3, -0.25) is 0 Å². The largest absolute Gasteiger partial charge is 0.356 e. The highest BCUT2D eigenvalue weighted by molar-refractivity contribution is 4.96. The van der Waals surface area contributed by atoms with Crippen molar-refractivity contribution in [2.24, 2.45) is 0 Å². The van der Waals surface area contributed by atoms with Crippen LogP contribution in [0.1, 0.15) is 194 Å². The number of hydrogen-bond acceptors (Lipinski definition) is 2. The fraction of sp³-hybridized carbons (Fsp3) is 0.943. The van der Waals surface area contributed by atoms with Gasteiger partial charge in [0.05, 0.1) is 0 Å². The second-order valence-electron chi connectivity index (χ2n) is 12.1. The van der Waals surface area contributed by atoms with Gasteiger partial charge in [-0.25, -0.2) is 0 Å². The van der Waals surface area contributed by atoms with Gasteiger partial charge in [-0.1, -0.05) is 168 Å². The molecule has 0 amide bonds. The molecule has 1 heterocycles. The summed E-state index contributed by atoms with van der Waals surface area (Å²) >= 11 is 0. The van der Waals surface area contributed by atoms with Crippen LogP contribution in [0.15, 0.2) is 12.4 Å². The summed E-state index contributed by atoms with van der Waals surface area (Å²) in [6, 6.07) is 0. The van der Waals surface area contributed by atoms with E-state index >= 15 is 0 Å². The van der Waals surface area contributed by atoms with Gasteiger partial charge in [-0.2, -0.15) is 0 Å². The second-order valence-corrected chi connectivity index (χ2v) is 12.1. The molecule has 1 rings (SSSR count). The van der Waals surface area contributed by atoms with E-state index in [-0.39, 0.29) is 0 Å². The van der Waals surface area contributed by atoms with Gasteiger partial charge in [0, 0.05) is 25.5 Å². The van der Waals surface area contributed by atoms with Crippen LogP contribution in [0.25, 0.3) is 0 Å². The Hall–Kier alpha value is -0.660. The summed E-state index contributed by atoms with van der Waals surface area (Å²) < 4.78 is 0. The zero-order chi connectivity index (χ0) is 26.7. The third-order valence-electron chi connectivity index (χ3n) is 8.67. The Kier molecular flexibility index (Phi) is 25.0. The Morgan fingerprint density at radius 3 is 1.08 bits per heavy atom. The smallest absolute Gasteiger partial charge is 0.101 e. The van der Waals surface area contributed by atoms with Crippen LogP contribution in [0.2, 0.25) is 0 Å². The molecule has 0 spiro atoms. The number of nitrogens with zero attached hydrogens (tertiary/aromatic N) is 2. The molecular formula is C35H70N2. The molecule has 37 heavy (non-hydrogen) atoms. The molecule has 2 heteroatoms. The third kappa shape index (κ3) is 20.0. The van der Waals surface area contributed by atoms with Crippen LogP contribution < -0.4 is 0 Å². The fourth-order valence-electron chi connectivity index (χ4n) is 6.09. The van der Waals surface area contributed by atoms with Crippen molar-refractivity contribution < 1.29 is 0 Å². The molecule has 2 nitrogen and oxygen atoms in total. The average molecular weight is 519 g/mol. The molecule has 0 aromatic rings. The summed E-state index contributed by atoms with van der Waals surface area (Å²) in [4.78, 5) is 5.22. The minimum absolute atomic E-state index is 0.635. The van der Waals surface area contributed by atoms with Crippen molar-refractivity contribution in [3.8, 4) is 0 Å². The zero-order valence-corrected chi connectivity index (χ0v) is 26.1. The second kappa shape index (κ2) is 26.9. The molecule has 1 aliphatic rings. The molecule has 0 aliphatic carbocycles. The molecule has 1 unspecified atom stereocenters. The minimum Gasteiger partial charge on any atom is -0.356 e. The Labute approximate surface area is 235 Å². The van der Waals surface area contributed by atoms with Gasteiger partial charge in [-0.05, 0) is 26.2 Å². The van der Waals surface area contributed by atoms with E-state index in [1.165, 1.54) is 180 Å². The van der Waals surface area contributed by atoms with E-state index in [9.17, 15) is 0 Å². The molecule has 0 N–H and O–H groups in total. The Bertz CT molecular complexity index is 474. The quantitative estimate of drug-likeness (QED) is 0.0908. The van der Waals surface area contributed by atoms with E-state index in [0.717, 1.165) is 6.54 Å². The molecule has 1 aliphatic heterocycles. The summed E-state index contributed by atoms with van der Waals surface area (Å²) in [5.74, 6) is 0. The first-order chi connectivity index (χ1) is 18.3. The van der Waals surface area contributed by atoms with Crippen molar-refractivity contribution in [3.63, 3.8) is 0 Å². The molecule has 220 valence electrons. The van der Waals surface area contributed by atoms with Gasteiger partial charge >= 0.3 is 0 Å². The summed E-state index contributed by atoms with van der Waals surface area (Å²) in [6.45, 7) is 9.33. The molecule has 0 saturated carbocycles. The topological polar surface area (TPSA) is 6.48 Å². The average Bonchev–Trinajstić information content (AvgIpc) is 3.31. The zero-order valence-electron chi connectivity index (χ0n) is 26.1. The van der Waals surface area contributed by atoms with Crippen LogP contribution in [-0.4, -0.2) is 29.1 Å². The Balaban J connectivity index is 1.92. The van der Waals surface area contributed by atoms with Crippen LogP contribution in [0.5, 0.6) is 0 Å². The predicted molar refractivity (Wildman–Crippen MR) is 168 cm³/mol. The van der Waals surface area contributed by atoms with Gasteiger partial charge < -0.3 is 9.80 Å². The van der Waals surface area contributed by atoms with Gasteiger partial charge in [-0.15, -0.1) is 0 Å². The van der Waals surface area contributed by atoms with Gasteiger partial charge in [0.15, 0.2) is 0 Å². The van der Waals surface area contributed by atoms with Crippen molar-refractivity contribution in [3.05, 3.63) is 12.4 Å². The summed E-state index contributed by atoms with van der Waals surface area (Å²) in [5.41, 5.74) is 0. The number of unbranched alkanes of at least 4 members (excludes halogenated alkanes) is 24. The summed E-state index contributed by atoms with van der Waals surface area (Å²) in [7, 11) is 0. The number of rotatable bonds is 29. The van der Waals surface area contributed by atoms with E-state index in [2.05, 4.69) is 43.0 Å². The van der Waals surface area contributed by atoms with E-state index in [4.69, 9.17) is 0 Å². The van der Waals surface area contributed by atoms with Crippen LogP contribution in [0, 0.1) is 0 Å². The van der Waals surface area contributed by atoms with E-state index < -0.39 is 0 Å². The maximum absolute atomic E-state index is 2.65. The molecule has 0 aromatic carbocycles. The lowest BCUT2D eigenvalue weighted by Crippen LogP contribution is -2.38. The molecule has 0 aromatic heterocycles. The SMILES string of the molecule is CCCCCCCCCCCCCCCCCCCN1C=CN(CC)C1CCCCCCCCCCC. The maximum atomic E-state index is 2.65. The highest BCUT2D eigenvalue weighted by Gasteiger charge is 2.23. The molecule has 1 atom stereocenters. The van der Waals surface area contributed by atoms with Crippen LogP contribution >= 0.6 is 0 Å². The van der Waals surface area contributed by atoms with Crippen molar-refractivity contribution in [2.75, 3.05) is 13.1 Å².